The molecule has 0 aliphatic carbocycles. The van der Waals surface area contributed by atoms with Crippen LogP contribution in [0.5, 0.6) is 0 Å². The number of thioether (sulfide) groups is 1. The first-order chi connectivity index (χ1) is 5.02. The number of hydrogen-bond acceptors (Lipinski definition) is 4. The van der Waals surface area contributed by atoms with Crippen molar-refractivity contribution in [2.75, 3.05) is 5.75 Å². The second kappa shape index (κ2) is 5.15. The topological polar surface area (TPSA) is 74.6 Å². The maximum atomic E-state index is 10.3. The standard InChI is InChI=1S/C6H10O4S/c1-4(7)11-3-5(8)2-6(9)10/h5,8H,2-3H2,1H3,(H,9,10). The van der Waals surface area contributed by atoms with E-state index in [9.17, 15) is 9.59 Å². The molecule has 0 heterocycles. The van der Waals surface area contributed by atoms with Gasteiger partial charge in [0.25, 0.3) is 0 Å². The molecule has 1 unspecified atom stereocenters. The van der Waals surface area contributed by atoms with Gasteiger partial charge in [-0.05, 0) is 0 Å². The van der Waals surface area contributed by atoms with Crippen molar-refractivity contribution in [2.24, 2.45) is 0 Å². The van der Waals surface area contributed by atoms with Crippen LogP contribution in [0.3, 0.4) is 0 Å². The molecule has 0 bridgehead atoms. The van der Waals surface area contributed by atoms with E-state index in [1.807, 2.05) is 0 Å². The molecule has 0 aromatic carbocycles. The number of aliphatic carboxylic acids is 1. The number of aliphatic hydroxyl groups excluding tert-OH is 1. The minimum absolute atomic E-state index is 0.116. The third-order valence-corrected chi connectivity index (χ3v) is 1.85. The second-order valence-corrected chi connectivity index (χ2v) is 3.25. The van der Waals surface area contributed by atoms with Crippen molar-refractivity contribution in [3.63, 3.8) is 0 Å². The summed E-state index contributed by atoms with van der Waals surface area (Å²) in [6.07, 6.45) is -1.23. The summed E-state index contributed by atoms with van der Waals surface area (Å²) in [5.74, 6) is -0.900. The van der Waals surface area contributed by atoms with Crippen molar-refractivity contribution in [1.82, 2.24) is 0 Å². The van der Waals surface area contributed by atoms with Crippen molar-refractivity contribution in [1.29, 1.82) is 0 Å². The molecule has 0 saturated carbocycles. The van der Waals surface area contributed by atoms with Crippen molar-refractivity contribution in [3.8, 4) is 0 Å². The first kappa shape index (κ1) is 10.4. The second-order valence-electron chi connectivity index (χ2n) is 2.05. The number of rotatable bonds is 4. The number of carbonyl (C=O) groups excluding carboxylic acids is 1. The minimum atomic E-state index is -1.05. The lowest BCUT2D eigenvalue weighted by molar-refractivity contribution is -0.138. The van der Waals surface area contributed by atoms with Crippen LogP contribution in [0.25, 0.3) is 0 Å². The Bertz CT molecular complexity index is 157. The van der Waals surface area contributed by atoms with Gasteiger partial charge in [0.2, 0.25) is 0 Å². The van der Waals surface area contributed by atoms with Gasteiger partial charge in [-0.2, -0.15) is 0 Å². The van der Waals surface area contributed by atoms with Crippen LogP contribution in [0.1, 0.15) is 13.3 Å². The van der Waals surface area contributed by atoms with Crippen LogP contribution in [0.2, 0.25) is 0 Å². The number of carboxylic acid groups (broad SMARTS) is 1. The van der Waals surface area contributed by atoms with Gasteiger partial charge in [0.15, 0.2) is 5.12 Å². The fourth-order valence-corrected chi connectivity index (χ4v) is 1.02. The Kier molecular flexibility index (Phi) is 4.89. The predicted octanol–water partition coefficient (Wildman–Crippen LogP) is 0.102. The molecule has 5 heteroatoms. The lowest BCUT2D eigenvalue weighted by Crippen LogP contribution is -2.15. The molecule has 4 nitrogen and oxygen atoms in total. The molecular weight excluding hydrogens is 168 g/mol. The van der Waals surface area contributed by atoms with Crippen molar-refractivity contribution in [3.05, 3.63) is 0 Å². The average Bonchev–Trinajstić information content (AvgIpc) is 1.82. The summed E-state index contributed by atoms with van der Waals surface area (Å²) in [4.78, 5) is 20.3. The Morgan fingerprint density at radius 2 is 2.09 bits per heavy atom. The first-order valence-corrected chi connectivity index (χ1v) is 4.04. The molecule has 0 rings (SSSR count). The van der Waals surface area contributed by atoms with E-state index in [1.54, 1.807) is 0 Å². The number of aliphatic hydroxyl groups is 1. The molecule has 0 amide bonds. The number of carbonyl (C=O) groups is 2. The van der Waals surface area contributed by atoms with Crippen molar-refractivity contribution >= 4 is 22.8 Å². The van der Waals surface area contributed by atoms with Crippen LogP contribution >= 0.6 is 11.8 Å². The highest BCUT2D eigenvalue weighted by atomic mass is 32.2. The zero-order valence-corrected chi connectivity index (χ0v) is 6.93. The zero-order valence-electron chi connectivity index (χ0n) is 6.11. The SMILES string of the molecule is CC(=O)SCC(O)CC(=O)O. The summed E-state index contributed by atoms with van der Waals surface area (Å²) in [6, 6.07) is 0. The number of carboxylic acids is 1. The smallest absolute Gasteiger partial charge is 0.306 e. The van der Waals surface area contributed by atoms with Gasteiger partial charge in [0.05, 0.1) is 12.5 Å². The highest BCUT2D eigenvalue weighted by Gasteiger charge is 2.09. The molecule has 0 radical (unpaired) electrons. The normalized spacial score (nSPS) is 12.5. The van der Waals surface area contributed by atoms with Crippen LogP contribution in [0, 0.1) is 0 Å². The third kappa shape index (κ3) is 7.35. The Morgan fingerprint density at radius 3 is 2.45 bits per heavy atom. The van der Waals surface area contributed by atoms with E-state index in [1.165, 1.54) is 6.92 Å². The van der Waals surface area contributed by atoms with Gasteiger partial charge < -0.3 is 10.2 Å². The number of hydrogen-bond donors (Lipinski definition) is 2. The summed E-state index contributed by atoms with van der Waals surface area (Å²) in [5.41, 5.74) is 0. The molecule has 0 spiro atoms. The summed E-state index contributed by atoms with van der Waals surface area (Å²) < 4.78 is 0. The predicted molar refractivity (Wildman–Crippen MR) is 41.4 cm³/mol. The molecule has 64 valence electrons. The van der Waals surface area contributed by atoms with Gasteiger partial charge >= 0.3 is 5.97 Å². The van der Waals surface area contributed by atoms with Crippen LogP contribution in [0.15, 0.2) is 0 Å². The molecule has 0 aromatic rings. The minimum Gasteiger partial charge on any atom is -0.481 e. The Balaban J connectivity index is 3.44. The van der Waals surface area contributed by atoms with E-state index in [4.69, 9.17) is 10.2 Å². The van der Waals surface area contributed by atoms with Crippen LogP contribution in [-0.4, -0.2) is 33.2 Å². The van der Waals surface area contributed by atoms with Crippen LogP contribution in [-0.2, 0) is 9.59 Å². The van der Waals surface area contributed by atoms with Gasteiger partial charge in [-0.15, -0.1) is 0 Å². The van der Waals surface area contributed by atoms with E-state index in [2.05, 4.69) is 0 Å². The Labute approximate surface area is 68.6 Å². The van der Waals surface area contributed by atoms with Gasteiger partial charge in [-0.1, -0.05) is 11.8 Å². The van der Waals surface area contributed by atoms with E-state index < -0.39 is 12.1 Å². The summed E-state index contributed by atoms with van der Waals surface area (Å²) in [5, 5.41) is 17.0. The first-order valence-electron chi connectivity index (χ1n) is 3.05. The van der Waals surface area contributed by atoms with E-state index >= 15 is 0 Å². The molecule has 0 saturated heterocycles. The maximum absolute atomic E-state index is 10.3. The van der Waals surface area contributed by atoms with E-state index in [-0.39, 0.29) is 17.3 Å². The average molecular weight is 178 g/mol. The lowest BCUT2D eigenvalue weighted by atomic mass is 10.3. The molecule has 1 atom stereocenters. The third-order valence-electron chi connectivity index (χ3n) is 0.889. The van der Waals surface area contributed by atoms with E-state index in [0.29, 0.717) is 0 Å². The van der Waals surface area contributed by atoms with Crippen molar-refractivity contribution in [2.45, 2.75) is 19.4 Å². The quantitative estimate of drug-likeness (QED) is 0.638. The van der Waals surface area contributed by atoms with Gasteiger partial charge in [0.1, 0.15) is 0 Å². The fourth-order valence-electron chi connectivity index (χ4n) is 0.474. The maximum Gasteiger partial charge on any atom is 0.306 e. The molecule has 11 heavy (non-hydrogen) atoms. The summed E-state index contributed by atoms with van der Waals surface area (Å²) in [7, 11) is 0. The van der Waals surface area contributed by atoms with Gasteiger partial charge in [0, 0.05) is 12.7 Å². The molecule has 0 fully saturated rings. The zero-order chi connectivity index (χ0) is 8.85. The highest BCUT2D eigenvalue weighted by molar-refractivity contribution is 8.13. The van der Waals surface area contributed by atoms with Gasteiger partial charge in [-0.3, -0.25) is 9.59 Å². The summed E-state index contributed by atoms with van der Waals surface area (Å²) in [6.45, 7) is 1.37. The Hall–Kier alpha value is -0.550. The molecule has 0 aliphatic rings. The van der Waals surface area contributed by atoms with E-state index in [0.717, 1.165) is 11.8 Å². The monoisotopic (exact) mass is 178 g/mol. The fraction of sp³-hybridized carbons (Fsp3) is 0.667. The van der Waals surface area contributed by atoms with Crippen molar-refractivity contribution < 1.29 is 19.8 Å². The summed E-state index contributed by atoms with van der Waals surface area (Å²) >= 11 is 0.929. The van der Waals surface area contributed by atoms with Crippen LogP contribution < -0.4 is 0 Å². The van der Waals surface area contributed by atoms with Crippen LogP contribution in [0.4, 0.5) is 0 Å². The Morgan fingerprint density at radius 1 is 1.55 bits per heavy atom. The lowest BCUT2D eigenvalue weighted by Gasteiger charge is -2.03. The molecule has 0 aromatic heterocycles. The molecule has 0 aliphatic heterocycles. The molecular formula is C6H10O4S. The van der Waals surface area contributed by atoms with Gasteiger partial charge in [-0.25, -0.2) is 0 Å². The molecule has 2 N–H and O–H groups in total. The highest BCUT2D eigenvalue weighted by Crippen LogP contribution is 2.05. The largest absolute Gasteiger partial charge is 0.481 e.